The maximum absolute atomic E-state index is 3.46. The van der Waals surface area contributed by atoms with Gasteiger partial charge in [-0.05, 0) is 32.1 Å². The molecule has 9 heavy (non-hydrogen) atoms. The summed E-state index contributed by atoms with van der Waals surface area (Å²) in [7, 11) is 0. The lowest BCUT2D eigenvalue weighted by atomic mass is 10.1. The molecule has 50 valence electrons. The lowest BCUT2D eigenvalue weighted by Gasteiger charge is -2.15. The van der Waals surface area contributed by atoms with E-state index in [0.29, 0.717) is 0 Å². The second-order valence-electron chi connectivity index (χ2n) is 2.97. The molecule has 1 heteroatoms. The molecule has 0 bridgehead atoms. The molecular formula is C8H13N. The molecule has 1 N–H and O–H groups in total. The number of rotatable bonds is 0. The first-order valence-electron chi connectivity index (χ1n) is 3.91. The molecule has 1 aliphatic carbocycles. The highest BCUT2D eigenvalue weighted by Crippen LogP contribution is 2.33. The summed E-state index contributed by atoms with van der Waals surface area (Å²) in [6.07, 6.45) is 6.86. The van der Waals surface area contributed by atoms with Gasteiger partial charge >= 0.3 is 0 Å². The van der Waals surface area contributed by atoms with Crippen molar-refractivity contribution in [3.8, 4) is 0 Å². The fraction of sp³-hybridized carbons (Fsp3) is 0.750. The Morgan fingerprint density at radius 1 is 1.00 bits per heavy atom. The zero-order valence-corrected chi connectivity index (χ0v) is 5.74. The van der Waals surface area contributed by atoms with Crippen LogP contribution < -0.4 is 5.32 Å². The van der Waals surface area contributed by atoms with Gasteiger partial charge in [-0.25, -0.2) is 0 Å². The predicted octanol–water partition coefficient (Wildman–Crippen LogP) is 1.81. The van der Waals surface area contributed by atoms with Gasteiger partial charge in [0, 0.05) is 12.2 Å². The van der Waals surface area contributed by atoms with E-state index in [1.807, 2.05) is 0 Å². The van der Waals surface area contributed by atoms with Crippen LogP contribution in [0.3, 0.4) is 0 Å². The third-order valence-corrected chi connectivity index (χ3v) is 2.12. The van der Waals surface area contributed by atoms with E-state index < -0.39 is 0 Å². The Hall–Kier alpha value is -0.460. The van der Waals surface area contributed by atoms with Crippen molar-refractivity contribution < 1.29 is 0 Å². The molecule has 2 aliphatic rings. The smallest absolute Gasteiger partial charge is 0.0144 e. The second kappa shape index (κ2) is 2.05. The molecule has 0 unspecified atom stereocenters. The predicted molar refractivity (Wildman–Crippen MR) is 38.1 cm³/mol. The first-order valence-corrected chi connectivity index (χ1v) is 3.91. The van der Waals surface area contributed by atoms with E-state index in [4.69, 9.17) is 0 Å². The van der Waals surface area contributed by atoms with Crippen LogP contribution in [0.5, 0.6) is 0 Å². The minimum Gasteiger partial charge on any atom is -0.388 e. The van der Waals surface area contributed by atoms with Crippen molar-refractivity contribution in [2.75, 3.05) is 6.54 Å². The number of piperidine rings is 1. The Morgan fingerprint density at radius 2 is 1.89 bits per heavy atom. The summed E-state index contributed by atoms with van der Waals surface area (Å²) >= 11 is 0. The topological polar surface area (TPSA) is 12.0 Å². The summed E-state index contributed by atoms with van der Waals surface area (Å²) in [5.74, 6) is 0. The third kappa shape index (κ3) is 1.09. The highest BCUT2D eigenvalue weighted by Gasteiger charge is 2.18. The van der Waals surface area contributed by atoms with E-state index in [1.165, 1.54) is 38.6 Å². The zero-order chi connectivity index (χ0) is 6.10. The average molecular weight is 123 g/mol. The van der Waals surface area contributed by atoms with E-state index in [-0.39, 0.29) is 0 Å². The van der Waals surface area contributed by atoms with Crippen molar-refractivity contribution in [1.29, 1.82) is 0 Å². The van der Waals surface area contributed by atoms with E-state index >= 15 is 0 Å². The minimum absolute atomic E-state index is 1.22. The maximum atomic E-state index is 3.46. The molecule has 2 fully saturated rings. The van der Waals surface area contributed by atoms with Gasteiger partial charge in [0.25, 0.3) is 0 Å². The Bertz CT molecular complexity index is 133. The van der Waals surface area contributed by atoms with Crippen LogP contribution in [-0.2, 0) is 0 Å². The highest BCUT2D eigenvalue weighted by atomic mass is 14.9. The Labute approximate surface area is 56.1 Å². The van der Waals surface area contributed by atoms with Crippen molar-refractivity contribution in [2.45, 2.75) is 32.1 Å². The van der Waals surface area contributed by atoms with Crippen molar-refractivity contribution in [3.05, 3.63) is 11.3 Å². The van der Waals surface area contributed by atoms with Gasteiger partial charge in [0.1, 0.15) is 0 Å². The molecule has 1 saturated heterocycles. The van der Waals surface area contributed by atoms with Gasteiger partial charge in [0.15, 0.2) is 0 Å². The molecule has 1 saturated carbocycles. The van der Waals surface area contributed by atoms with E-state index in [2.05, 4.69) is 5.32 Å². The molecular weight excluding hydrogens is 110 g/mol. The fourth-order valence-corrected chi connectivity index (χ4v) is 1.42. The number of hydrogen-bond donors (Lipinski definition) is 1. The first-order chi connectivity index (χ1) is 4.47. The van der Waals surface area contributed by atoms with Crippen LogP contribution in [0.1, 0.15) is 32.1 Å². The summed E-state index contributed by atoms with van der Waals surface area (Å²) in [6.45, 7) is 1.22. The van der Waals surface area contributed by atoms with Crippen LogP contribution in [0, 0.1) is 0 Å². The lowest BCUT2D eigenvalue weighted by molar-refractivity contribution is 0.585. The molecule has 0 radical (unpaired) electrons. The zero-order valence-electron chi connectivity index (χ0n) is 5.74. The molecule has 1 heterocycles. The van der Waals surface area contributed by atoms with Gasteiger partial charge in [-0.2, -0.15) is 0 Å². The van der Waals surface area contributed by atoms with Gasteiger partial charge in [-0.3, -0.25) is 0 Å². The number of nitrogens with one attached hydrogen (secondary N) is 1. The third-order valence-electron chi connectivity index (χ3n) is 2.12. The SMILES string of the molecule is C1CCC(=C2CC2)NC1. The van der Waals surface area contributed by atoms with Crippen molar-refractivity contribution in [2.24, 2.45) is 0 Å². The van der Waals surface area contributed by atoms with Gasteiger partial charge in [0.2, 0.25) is 0 Å². The van der Waals surface area contributed by atoms with Crippen LogP contribution in [0.2, 0.25) is 0 Å². The van der Waals surface area contributed by atoms with Crippen LogP contribution in [0.25, 0.3) is 0 Å². The maximum Gasteiger partial charge on any atom is 0.0144 e. The van der Waals surface area contributed by atoms with Crippen molar-refractivity contribution in [3.63, 3.8) is 0 Å². The quantitative estimate of drug-likeness (QED) is 0.518. The van der Waals surface area contributed by atoms with Crippen molar-refractivity contribution >= 4 is 0 Å². The normalized spacial score (nSPS) is 25.8. The second-order valence-corrected chi connectivity index (χ2v) is 2.97. The van der Waals surface area contributed by atoms with E-state index in [1.54, 1.807) is 11.3 Å². The molecule has 0 aromatic heterocycles. The molecule has 0 aromatic rings. The summed E-state index contributed by atoms with van der Waals surface area (Å²) in [6, 6.07) is 0. The van der Waals surface area contributed by atoms with Gasteiger partial charge in [-0.15, -0.1) is 0 Å². The summed E-state index contributed by atoms with van der Waals surface area (Å²) in [4.78, 5) is 0. The fourth-order valence-electron chi connectivity index (χ4n) is 1.42. The van der Waals surface area contributed by atoms with Crippen LogP contribution in [-0.4, -0.2) is 6.54 Å². The lowest BCUT2D eigenvalue weighted by Crippen LogP contribution is -2.19. The van der Waals surface area contributed by atoms with Crippen LogP contribution in [0.15, 0.2) is 11.3 Å². The molecule has 1 aliphatic heterocycles. The van der Waals surface area contributed by atoms with Crippen LogP contribution >= 0.6 is 0 Å². The molecule has 1 nitrogen and oxygen atoms in total. The largest absolute Gasteiger partial charge is 0.388 e. The summed E-state index contributed by atoms with van der Waals surface area (Å²) in [5, 5.41) is 3.46. The van der Waals surface area contributed by atoms with E-state index in [0.717, 1.165) is 0 Å². The van der Waals surface area contributed by atoms with Gasteiger partial charge in [-0.1, -0.05) is 5.57 Å². The minimum atomic E-state index is 1.22. The van der Waals surface area contributed by atoms with Crippen LogP contribution in [0.4, 0.5) is 0 Å². The van der Waals surface area contributed by atoms with E-state index in [9.17, 15) is 0 Å². The Kier molecular flexibility index (Phi) is 1.22. The first kappa shape index (κ1) is 5.33. The van der Waals surface area contributed by atoms with Gasteiger partial charge in [0.05, 0.1) is 0 Å². The number of hydrogen-bond acceptors (Lipinski definition) is 1. The molecule has 2 rings (SSSR count). The molecule has 0 atom stereocenters. The average Bonchev–Trinajstić information content (AvgIpc) is 2.71. The standard InChI is InChI=1S/C8H13N/c1-2-6-9-8(3-1)7-4-5-7/h9H,1-6H2. The number of allylic oxidation sites excluding steroid dienone is 2. The summed E-state index contributed by atoms with van der Waals surface area (Å²) in [5.41, 5.74) is 3.29. The molecule has 0 spiro atoms. The highest BCUT2D eigenvalue weighted by molar-refractivity contribution is 5.24. The van der Waals surface area contributed by atoms with Gasteiger partial charge < -0.3 is 5.32 Å². The molecule has 0 amide bonds. The monoisotopic (exact) mass is 123 g/mol. The molecule has 0 aromatic carbocycles. The summed E-state index contributed by atoms with van der Waals surface area (Å²) < 4.78 is 0. The van der Waals surface area contributed by atoms with Crippen molar-refractivity contribution in [1.82, 2.24) is 5.32 Å². The Morgan fingerprint density at radius 3 is 2.44 bits per heavy atom. The Balaban J connectivity index is 2.02.